The summed E-state index contributed by atoms with van der Waals surface area (Å²) >= 11 is 0. The minimum atomic E-state index is -2.93. The normalized spacial score (nSPS) is 12.5. The third kappa shape index (κ3) is 25.4. The number of hydrogen-bond donors (Lipinski definition) is 3. The molecule has 236 valence electrons. The lowest BCUT2D eigenvalue weighted by molar-refractivity contribution is -0.890. The average Bonchev–Trinajstić information content (AvgIpc) is 2.91. The lowest BCUT2D eigenvalue weighted by atomic mass is 10.0. The van der Waals surface area contributed by atoms with Crippen molar-refractivity contribution >= 4 is 8.80 Å². The van der Waals surface area contributed by atoms with E-state index in [1.807, 2.05) is 0 Å². The number of unbranched alkanes of at least 4 members (excludes halogenated alkanes) is 14. The molecular formula is C31H68NO6Si+. The van der Waals surface area contributed by atoms with Crippen LogP contribution >= 0.6 is 0 Å². The van der Waals surface area contributed by atoms with Crippen molar-refractivity contribution in [3.05, 3.63) is 0 Å². The zero-order valence-corrected chi connectivity index (χ0v) is 27.3. The Hall–Kier alpha value is -0.0631. The van der Waals surface area contributed by atoms with Gasteiger partial charge in [0.15, 0.2) is 0 Å². The Bertz CT molecular complexity index is 471. The Balaban J connectivity index is 4.13. The van der Waals surface area contributed by atoms with Gasteiger partial charge < -0.3 is 33.1 Å². The van der Waals surface area contributed by atoms with Gasteiger partial charge in [0.25, 0.3) is 0 Å². The third-order valence-electron chi connectivity index (χ3n) is 7.49. The molecule has 0 aromatic rings. The van der Waals surface area contributed by atoms with Crippen molar-refractivity contribution in [2.45, 2.75) is 135 Å². The SMILES string of the molecule is CCCCCCCCCCCCCCCCC[N+](C)(C)CCC[Si](OCCCO)(OCCCO)OCCCO. The molecule has 0 spiro atoms. The molecule has 0 aromatic heterocycles. The number of hydrogen-bond acceptors (Lipinski definition) is 6. The highest BCUT2D eigenvalue weighted by atomic mass is 28.4. The van der Waals surface area contributed by atoms with Crippen LogP contribution in [0.2, 0.25) is 6.04 Å². The second kappa shape index (κ2) is 28.1. The van der Waals surface area contributed by atoms with Gasteiger partial charge in [-0.1, -0.05) is 90.4 Å². The van der Waals surface area contributed by atoms with Crippen molar-refractivity contribution < 1.29 is 33.1 Å². The minimum absolute atomic E-state index is 0.0704. The van der Waals surface area contributed by atoms with Crippen LogP contribution in [0.5, 0.6) is 0 Å². The van der Waals surface area contributed by atoms with E-state index in [-0.39, 0.29) is 19.8 Å². The molecule has 0 saturated carbocycles. The Morgan fingerprint density at radius 2 is 0.795 bits per heavy atom. The molecule has 0 radical (unpaired) electrons. The van der Waals surface area contributed by atoms with E-state index < -0.39 is 8.80 Å². The summed E-state index contributed by atoms with van der Waals surface area (Å²) in [6, 6.07) is 0.718. The maximum Gasteiger partial charge on any atom is 0.501 e. The number of nitrogens with zero attached hydrogens (tertiary/aromatic N) is 1. The van der Waals surface area contributed by atoms with Crippen LogP contribution in [0.4, 0.5) is 0 Å². The first-order chi connectivity index (χ1) is 18.9. The van der Waals surface area contributed by atoms with Crippen molar-refractivity contribution in [3.63, 3.8) is 0 Å². The third-order valence-corrected chi connectivity index (χ3v) is 10.4. The standard InChI is InChI=1S/C31H68NO6Si/c1-4-5-6-7-8-9-10-11-12-13-14-15-16-17-18-23-32(2,3)24-19-31-39(36-28-20-25-33,37-29-21-26-34)38-30-22-27-35/h33-35H,4-31H2,1-3H3/q+1. The Labute approximate surface area is 243 Å². The number of aliphatic hydroxyl groups is 3. The molecule has 0 heterocycles. The van der Waals surface area contributed by atoms with Gasteiger partial charge in [0.05, 0.1) is 27.2 Å². The van der Waals surface area contributed by atoms with Gasteiger partial charge in [-0.2, -0.15) is 0 Å². The molecule has 0 unspecified atom stereocenters. The van der Waals surface area contributed by atoms with Crippen molar-refractivity contribution in [1.29, 1.82) is 0 Å². The predicted octanol–water partition coefficient (Wildman–Crippen LogP) is 6.46. The maximum atomic E-state index is 9.19. The highest BCUT2D eigenvalue weighted by Crippen LogP contribution is 2.21. The monoisotopic (exact) mass is 578 g/mol. The van der Waals surface area contributed by atoms with Crippen molar-refractivity contribution in [3.8, 4) is 0 Å². The minimum Gasteiger partial charge on any atom is -0.396 e. The summed E-state index contributed by atoms with van der Waals surface area (Å²) < 4.78 is 19.4. The molecule has 0 atom stereocenters. The van der Waals surface area contributed by atoms with Crippen LogP contribution in [0.25, 0.3) is 0 Å². The summed E-state index contributed by atoms with van der Waals surface area (Å²) in [4.78, 5) is 0. The van der Waals surface area contributed by atoms with Crippen molar-refractivity contribution in [2.75, 3.05) is 66.8 Å². The molecule has 8 heteroatoms. The fraction of sp³-hybridized carbons (Fsp3) is 1.00. The molecule has 0 amide bonds. The molecule has 0 aliphatic rings. The van der Waals surface area contributed by atoms with E-state index >= 15 is 0 Å². The van der Waals surface area contributed by atoms with E-state index in [0.717, 1.165) is 23.5 Å². The van der Waals surface area contributed by atoms with Gasteiger partial charge in [0, 0.05) is 52.1 Å². The molecular weight excluding hydrogens is 510 g/mol. The molecule has 0 bridgehead atoms. The Morgan fingerprint density at radius 3 is 1.15 bits per heavy atom. The largest absolute Gasteiger partial charge is 0.501 e. The van der Waals surface area contributed by atoms with Gasteiger partial charge in [-0.05, 0) is 32.1 Å². The Kier molecular flexibility index (Phi) is 28.0. The highest BCUT2D eigenvalue weighted by Gasteiger charge is 2.41. The number of quaternary nitrogens is 1. The first-order valence-corrected chi connectivity index (χ1v) is 18.4. The van der Waals surface area contributed by atoms with Gasteiger partial charge in [0.2, 0.25) is 0 Å². The summed E-state index contributed by atoms with van der Waals surface area (Å²) in [7, 11) is 1.68. The van der Waals surface area contributed by atoms with Gasteiger partial charge in [0.1, 0.15) is 0 Å². The van der Waals surface area contributed by atoms with Gasteiger partial charge in [-0.3, -0.25) is 0 Å². The molecule has 0 aliphatic carbocycles. The zero-order chi connectivity index (χ0) is 28.9. The number of rotatable bonds is 32. The van der Waals surface area contributed by atoms with Gasteiger partial charge in [-0.15, -0.1) is 0 Å². The quantitative estimate of drug-likeness (QED) is 0.0482. The molecule has 0 aliphatic heterocycles. The molecule has 39 heavy (non-hydrogen) atoms. The second-order valence-electron chi connectivity index (χ2n) is 11.9. The second-order valence-corrected chi connectivity index (χ2v) is 14.6. The van der Waals surface area contributed by atoms with Crippen LogP contribution in [-0.4, -0.2) is 95.4 Å². The number of aliphatic hydroxyl groups excluding tert-OH is 3. The molecule has 0 saturated heterocycles. The van der Waals surface area contributed by atoms with Crippen molar-refractivity contribution in [1.82, 2.24) is 0 Å². The highest BCUT2D eigenvalue weighted by molar-refractivity contribution is 6.60. The van der Waals surface area contributed by atoms with E-state index in [1.54, 1.807) is 0 Å². The van der Waals surface area contributed by atoms with E-state index in [4.69, 9.17) is 13.3 Å². The molecule has 0 aromatic carbocycles. The van der Waals surface area contributed by atoms with Crippen LogP contribution in [-0.2, 0) is 13.3 Å². The van der Waals surface area contributed by atoms with Crippen molar-refractivity contribution in [2.24, 2.45) is 0 Å². The zero-order valence-electron chi connectivity index (χ0n) is 26.3. The van der Waals surface area contributed by atoms with Crippen LogP contribution < -0.4 is 0 Å². The van der Waals surface area contributed by atoms with E-state index in [1.165, 1.54) is 103 Å². The van der Waals surface area contributed by atoms with Gasteiger partial charge >= 0.3 is 8.80 Å². The topological polar surface area (TPSA) is 88.4 Å². The molecule has 0 rings (SSSR count). The average molecular weight is 579 g/mol. The smallest absolute Gasteiger partial charge is 0.396 e. The summed E-state index contributed by atoms with van der Waals surface area (Å²) in [5.74, 6) is 0. The van der Waals surface area contributed by atoms with E-state index in [0.29, 0.717) is 39.1 Å². The summed E-state index contributed by atoms with van der Waals surface area (Å²) in [5, 5.41) is 27.6. The first kappa shape index (κ1) is 38.9. The van der Waals surface area contributed by atoms with Crippen LogP contribution in [0.1, 0.15) is 129 Å². The molecule has 7 nitrogen and oxygen atoms in total. The molecule has 3 N–H and O–H groups in total. The lowest BCUT2D eigenvalue weighted by Gasteiger charge is -2.33. The van der Waals surface area contributed by atoms with E-state index in [9.17, 15) is 15.3 Å². The fourth-order valence-electron chi connectivity index (χ4n) is 4.96. The lowest BCUT2D eigenvalue weighted by Crippen LogP contribution is -2.48. The van der Waals surface area contributed by atoms with Crippen LogP contribution in [0.15, 0.2) is 0 Å². The molecule has 0 fully saturated rings. The Morgan fingerprint density at radius 1 is 0.462 bits per heavy atom. The maximum absolute atomic E-state index is 9.19. The first-order valence-electron chi connectivity index (χ1n) is 16.5. The predicted molar refractivity (Wildman–Crippen MR) is 165 cm³/mol. The van der Waals surface area contributed by atoms with Gasteiger partial charge in [-0.25, -0.2) is 0 Å². The summed E-state index contributed by atoms with van der Waals surface area (Å²) in [5.41, 5.74) is 0. The summed E-state index contributed by atoms with van der Waals surface area (Å²) in [6.45, 7) is 5.91. The summed E-state index contributed by atoms with van der Waals surface area (Å²) in [6.07, 6.45) is 23.4. The van der Waals surface area contributed by atoms with Crippen LogP contribution in [0.3, 0.4) is 0 Å². The van der Waals surface area contributed by atoms with Crippen LogP contribution in [0, 0.1) is 0 Å². The van der Waals surface area contributed by atoms with E-state index in [2.05, 4.69) is 21.0 Å². The fourth-order valence-corrected chi connectivity index (χ4v) is 7.60.